The molecule has 2 aromatic carbocycles. The first-order valence-corrected chi connectivity index (χ1v) is 9.04. The minimum atomic E-state index is 0.304. The van der Waals surface area contributed by atoms with Crippen LogP contribution in [0.2, 0.25) is 0 Å². The summed E-state index contributed by atoms with van der Waals surface area (Å²) < 4.78 is 6.13. The van der Waals surface area contributed by atoms with Crippen molar-refractivity contribution in [1.82, 2.24) is 5.32 Å². The Balaban J connectivity index is 2.35. The van der Waals surface area contributed by atoms with E-state index in [4.69, 9.17) is 4.74 Å². The van der Waals surface area contributed by atoms with Gasteiger partial charge in [-0.1, -0.05) is 43.3 Å². The first-order valence-electron chi connectivity index (χ1n) is 7.64. The van der Waals surface area contributed by atoms with Gasteiger partial charge in [-0.15, -0.1) is 0 Å². The molecular weight excluding hydrogens is 278 g/mol. The molecule has 0 aliphatic heterocycles. The normalized spacial score (nSPS) is 12.5. The van der Waals surface area contributed by atoms with Crippen molar-refractivity contribution in [2.24, 2.45) is 0 Å². The fraction of sp³-hybridized carbons (Fsp3) is 0.444. The molecule has 0 amide bonds. The Bertz CT molecular complexity index is 570. The third-order valence-corrected chi connectivity index (χ3v) is 4.19. The van der Waals surface area contributed by atoms with Crippen LogP contribution >= 0.6 is 11.8 Å². The van der Waals surface area contributed by atoms with E-state index in [2.05, 4.69) is 61.8 Å². The van der Waals surface area contributed by atoms with Crippen molar-refractivity contribution in [3.63, 3.8) is 0 Å². The average Bonchev–Trinajstić information content (AvgIpc) is 2.52. The van der Waals surface area contributed by atoms with Crippen LogP contribution in [0.3, 0.4) is 0 Å². The number of fused-ring (bicyclic) bond motifs is 1. The highest BCUT2D eigenvalue weighted by Crippen LogP contribution is 2.33. The second-order valence-electron chi connectivity index (χ2n) is 5.22. The first kappa shape index (κ1) is 16.2. The standard InChI is InChI=1S/C18H25NOS/c1-4-11-19-14(2)16-10-9-15-7-5-6-8-17(15)18(16)20-12-13-21-3/h5-10,14,19H,4,11-13H2,1-3H3. The van der Waals surface area contributed by atoms with Gasteiger partial charge >= 0.3 is 0 Å². The largest absolute Gasteiger partial charge is 0.492 e. The molecule has 0 spiro atoms. The molecule has 2 nitrogen and oxygen atoms in total. The summed E-state index contributed by atoms with van der Waals surface area (Å²) in [6.07, 6.45) is 3.25. The van der Waals surface area contributed by atoms with Gasteiger partial charge in [0.2, 0.25) is 0 Å². The maximum absolute atomic E-state index is 6.13. The van der Waals surface area contributed by atoms with E-state index in [0.717, 1.165) is 31.1 Å². The second-order valence-corrected chi connectivity index (χ2v) is 6.21. The van der Waals surface area contributed by atoms with Crippen LogP contribution in [0.5, 0.6) is 5.75 Å². The second kappa shape index (κ2) is 8.30. The zero-order valence-corrected chi connectivity index (χ0v) is 14.0. The van der Waals surface area contributed by atoms with Crippen LogP contribution in [0.4, 0.5) is 0 Å². The van der Waals surface area contributed by atoms with Gasteiger partial charge in [-0.25, -0.2) is 0 Å². The summed E-state index contributed by atoms with van der Waals surface area (Å²) in [6, 6.07) is 13.1. The molecule has 2 aromatic rings. The third-order valence-electron chi connectivity index (χ3n) is 3.61. The molecule has 0 radical (unpaired) electrons. The highest BCUT2D eigenvalue weighted by atomic mass is 32.2. The molecule has 21 heavy (non-hydrogen) atoms. The van der Waals surface area contributed by atoms with Crippen molar-refractivity contribution in [3.05, 3.63) is 42.0 Å². The molecule has 1 unspecified atom stereocenters. The van der Waals surface area contributed by atoms with Crippen LogP contribution in [-0.4, -0.2) is 25.2 Å². The molecule has 2 rings (SSSR count). The van der Waals surface area contributed by atoms with E-state index in [9.17, 15) is 0 Å². The lowest BCUT2D eigenvalue weighted by molar-refractivity contribution is 0.340. The Morgan fingerprint density at radius 1 is 1.19 bits per heavy atom. The molecule has 114 valence electrons. The molecule has 0 saturated carbocycles. The van der Waals surface area contributed by atoms with E-state index in [-0.39, 0.29) is 0 Å². The van der Waals surface area contributed by atoms with Gasteiger partial charge in [0, 0.05) is 22.7 Å². The molecule has 0 heterocycles. The fourth-order valence-electron chi connectivity index (χ4n) is 2.46. The molecule has 3 heteroatoms. The number of rotatable bonds is 8. The van der Waals surface area contributed by atoms with Crippen molar-refractivity contribution >= 4 is 22.5 Å². The molecule has 0 aromatic heterocycles. The molecule has 1 N–H and O–H groups in total. The summed E-state index contributed by atoms with van der Waals surface area (Å²) in [4.78, 5) is 0. The molecule has 0 fully saturated rings. The molecule has 1 atom stereocenters. The highest BCUT2D eigenvalue weighted by molar-refractivity contribution is 7.98. The zero-order valence-electron chi connectivity index (χ0n) is 13.2. The Labute approximate surface area is 132 Å². The minimum absolute atomic E-state index is 0.304. The van der Waals surface area contributed by atoms with Crippen molar-refractivity contribution in [2.45, 2.75) is 26.3 Å². The van der Waals surface area contributed by atoms with Crippen LogP contribution in [0, 0.1) is 0 Å². The summed E-state index contributed by atoms with van der Waals surface area (Å²) in [5.74, 6) is 2.05. The van der Waals surface area contributed by atoms with Crippen molar-refractivity contribution in [3.8, 4) is 5.75 Å². The lowest BCUT2D eigenvalue weighted by Gasteiger charge is -2.20. The highest BCUT2D eigenvalue weighted by Gasteiger charge is 2.14. The van der Waals surface area contributed by atoms with Gasteiger partial charge in [0.1, 0.15) is 5.75 Å². The molecule has 0 aliphatic carbocycles. The van der Waals surface area contributed by atoms with E-state index in [1.54, 1.807) is 0 Å². The maximum Gasteiger partial charge on any atom is 0.131 e. The van der Waals surface area contributed by atoms with Crippen molar-refractivity contribution in [2.75, 3.05) is 25.2 Å². The van der Waals surface area contributed by atoms with Gasteiger partial charge in [-0.2, -0.15) is 11.8 Å². The summed E-state index contributed by atoms with van der Waals surface area (Å²) >= 11 is 1.81. The summed E-state index contributed by atoms with van der Waals surface area (Å²) in [7, 11) is 0. The van der Waals surface area contributed by atoms with Crippen LogP contribution in [0.25, 0.3) is 10.8 Å². The van der Waals surface area contributed by atoms with Gasteiger partial charge < -0.3 is 10.1 Å². The van der Waals surface area contributed by atoms with Crippen molar-refractivity contribution < 1.29 is 4.74 Å². The van der Waals surface area contributed by atoms with E-state index >= 15 is 0 Å². The average molecular weight is 303 g/mol. The molecular formula is C18H25NOS. The summed E-state index contributed by atoms with van der Waals surface area (Å²) in [5, 5.41) is 6.01. The summed E-state index contributed by atoms with van der Waals surface area (Å²) in [5.41, 5.74) is 1.25. The Hall–Kier alpha value is -1.19. The number of ether oxygens (including phenoxy) is 1. The number of benzene rings is 2. The van der Waals surface area contributed by atoms with E-state index in [0.29, 0.717) is 6.04 Å². The van der Waals surface area contributed by atoms with Crippen LogP contribution in [-0.2, 0) is 0 Å². The van der Waals surface area contributed by atoms with Crippen LogP contribution in [0.15, 0.2) is 36.4 Å². The third kappa shape index (κ3) is 4.14. The minimum Gasteiger partial charge on any atom is -0.492 e. The van der Waals surface area contributed by atoms with E-state index in [1.165, 1.54) is 16.3 Å². The van der Waals surface area contributed by atoms with E-state index < -0.39 is 0 Å². The van der Waals surface area contributed by atoms with Gasteiger partial charge in [0.05, 0.1) is 6.61 Å². The van der Waals surface area contributed by atoms with Gasteiger partial charge in [0.25, 0.3) is 0 Å². The molecule has 0 bridgehead atoms. The topological polar surface area (TPSA) is 21.3 Å². The smallest absolute Gasteiger partial charge is 0.131 e. The zero-order chi connectivity index (χ0) is 15.1. The lowest BCUT2D eigenvalue weighted by Crippen LogP contribution is -2.20. The lowest BCUT2D eigenvalue weighted by atomic mass is 10.0. The molecule has 0 saturated heterocycles. The van der Waals surface area contributed by atoms with Gasteiger partial charge in [-0.05, 0) is 31.5 Å². The predicted octanol–water partition coefficient (Wildman–Crippen LogP) is 4.64. The van der Waals surface area contributed by atoms with Gasteiger partial charge in [0.15, 0.2) is 0 Å². The molecule has 0 aliphatic rings. The number of hydrogen-bond donors (Lipinski definition) is 1. The number of hydrogen-bond acceptors (Lipinski definition) is 3. The summed E-state index contributed by atoms with van der Waals surface area (Å²) in [6.45, 7) is 6.18. The predicted molar refractivity (Wildman–Crippen MR) is 94.5 cm³/mol. The maximum atomic E-state index is 6.13. The number of nitrogens with one attached hydrogen (secondary N) is 1. The van der Waals surface area contributed by atoms with Crippen LogP contribution in [0.1, 0.15) is 31.9 Å². The Kier molecular flexibility index (Phi) is 6.40. The Morgan fingerprint density at radius 2 is 2.00 bits per heavy atom. The number of thioether (sulfide) groups is 1. The van der Waals surface area contributed by atoms with Crippen molar-refractivity contribution in [1.29, 1.82) is 0 Å². The monoisotopic (exact) mass is 303 g/mol. The quantitative estimate of drug-likeness (QED) is 0.718. The van der Waals surface area contributed by atoms with E-state index in [1.807, 2.05) is 11.8 Å². The first-order chi connectivity index (χ1) is 10.3. The van der Waals surface area contributed by atoms with Crippen LogP contribution < -0.4 is 10.1 Å². The van der Waals surface area contributed by atoms with Gasteiger partial charge in [-0.3, -0.25) is 0 Å². The Morgan fingerprint density at radius 3 is 2.76 bits per heavy atom. The SMILES string of the molecule is CCCNC(C)c1ccc2ccccc2c1OCCSC. The fourth-order valence-corrected chi connectivity index (χ4v) is 2.71.